The zero-order valence-electron chi connectivity index (χ0n) is 11.8. The van der Waals surface area contributed by atoms with Crippen molar-refractivity contribution in [3.8, 4) is 11.8 Å². The van der Waals surface area contributed by atoms with Crippen LogP contribution in [0.25, 0.3) is 0 Å². The van der Waals surface area contributed by atoms with Crippen molar-refractivity contribution in [3.05, 3.63) is 6.07 Å². The quantitative estimate of drug-likeness (QED) is 0.630. The molecule has 0 spiro atoms. The maximum Gasteiger partial charge on any atom is 0.243 e. The number of anilines is 1. The number of rotatable bonds is 9. The van der Waals surface area contributed by atoms with Crippen molar-refractivity contribution in [3.63, 3.8) is 0 Å². The molecule has 0 aliphatic rings. The van der Waals surface area contributed by atoms with Gasteiger partial charge in [0.25, 0.3) is 0 Å². The van der Waals surface area contributed by atoms with Crippen LogP contribution in [0, 0.1) is 0 Å². The molecule has 0 amide bonds. The molecule has 0 bridgehead atoms. The molecule has 1 aromatic heterocycles. The summed E-state index contributed by atoms with van der Waals surface area (Å²) in [6.45, 7) is 3.15. The summed E-state index contributed by atoms with van der Waals surface area (Å²) in [6.07, 6.45) is 0.948. The van der Waals surface area contributed by atoms with Gasteiger partial charge in [0.2, 0.25) is 27.7 Å². The molecule has 8 nitrogen and oxygen atoms in total. The van der Waals surface area contributed by atoms with Crippen molar-refractivity contribution < 1.29 is 17.9 Å². The summed E-state index contributed by atoms with van der Waals surface area (Å²) in [5, 5.41) is 3.01. The standard InChI is InChI=1S/C11H20N4O4S/c1-4-5-12-6-7-20(16,17)15-11-13-9(18-2)8-10(14-11)19-3/h8,12H,4-7H2,1-3H3,(H,13,14,15). The first kappa shape index (κ1) is 16.4. The molecule has 9 heteroatoms. The lowest BCUT2D eigenvalue weighted by Gasteiger charge is -2.09. The minimum atomic E-state index is -3.51. The van der Waals surface area contributed by atoms with Gasteiger partial charge >= 0.3 is 0 Å². The number of nitrogens with one attached hydrogen (secondary N) is 2. The van der Waals surface area contributed by atoms with Gasteiger partial charge in [-0.2, -0.15) is 9.97 Å². The second-order valence-electron chi connectivity index (χ2n) is 3.95. The molecule has 1 heterocycles. The molecule has 0 atom stereocenters. The Kier molecular flexibility index (Phi) is 6.46. The number of hydrogen-bond acceptors (Lipinski definition) is 7. The van der Waals surface area contributed by atoms with E-state index in [9.17, 15) is 8.42 Å². The number of aromatic nitrogens is 2. The van der Waals surface area contributed by atoms with E-state index in [2.05, 4.69) is 20.0 Å². The molecule has 0 aliphatic heterocycles. The lowest BCUT2D eigenvalue weighted by molar-refractivity contribution is 0.373. The maximum atomic E-state index is 11.8. The molecule has 0 fully saturated rings. The van der Waals surface area contributed by atoms with Crippen LogP contribution in [-0.2, 0) is 10.0 Å². The monoisotopic (exact) mass is 304 g/mol. The molecule has 1 aromatic rings. The van der Waals surface area contributed by atoms with Crippen LogP contribution in [0.1, 0.15) is 13.3 Å². The molecular formula is C11H20N4O4S. The summed E-state index contributed by atoms with van der Waals surface area (Å²) in [7, 11) is -0.663. The van der Waals surface area contributed by atoms with E-state index in [0.717, 1.165) is 13.0 Å². The van der Waals surface area contributed by atoms with Gasteiger partial charge in [0.1, 0.15) is 0 Å². The van der Waals surface area contributed by atoms with Crippen LogP contribution in [0.2, 0.25) is 0 Å². The average molecular weight is 304 g/mol. The van der Waals surface area contributed by atoms with Gasteiger partial charge in [-0.25, -0.2) is 8.42 Å². The Labute approximate surface area is 119 Å². The van der Waals surface area contributed by atoms with Gasteiger partial charge in [-0.1, -0.05) is 6.92 Å². The highest BCUT2D eigenvalue weighted by Crippen LogP contribution is 2.17. The van der Waals surface area contributed by atoms with E-state index in [-0.39, 0.29) is 23.5 Å². The van der Waals surface area contributed by atoms with Gasteiger partial charge in [-0.05, 0) is 13.0 Å². The van der Waals surface area contributed by atoms with Crippen molar-refractivity contribution in [1.29, 1.82) is 0 Å². The third kappa shape index (κ3) is 5.57. The van der Waals surface area contributed by atoms with Gasteiger partial charge in [0.15, 0.2) is 0 Å². The second kappa shape index (κ2) is 7.85. The predicted molar refractivity (Wildman–Crippen MR) is 75.7 cm³/mol. The van der Waals surface area contributed by atoms with Crippen molar-refractivity contribution in [2.45, 2.75) is 13.3 Å². The molecule has 114 valence electrons. The maximum absolute atomic E-state index is 11.8. The number of ether oxygens (including phenoxy) is 2. The molecule has 0 aromatic carbocycles. The fraction of sp³-hybridized carbons (Fsp3) is 0.636. The fourth-order valence-corrected chi connectivity index (χ4v) is 2.24. The molecule has 0 aliphatic carbocycles. The molecule has 0 saturated heterocycles. The van der Waals surface area contributed by atoms with Crippen molar-refractivity contribution in [1.82, 2.24) is 15.3 Å². The van der Waals surface area contributed by atoms with E-state index in [1.54, 1.807) is 0 Å². The average Bonchev–Trinajstić information content (AvgIpc) is 2.42. The fourth-order valence-electron chi connectivity index (χ4n) is 1.36. The Balaban J connectivity index is 2.71. The Hall–Kier alpha value is -1.61. The highest BCUT2D eigenvalue weighted by atomic mass is 32.2. The Morgan fingerprint density at radius 2 is 1.75 bits per heavy atom. The molecule has 0 saturated carbocycles. The summed E-state index contributed by atoms with van der Waals surface area (Å²) >= 11 is 0. The molecule has 2 N–H and O–H groups in total. The zero-order chi connectivity index (χ0) is 15.0. The zero-order valence-corrected chi connectivity index (χ0v) is 12.7. The first-order chi connectivity index (χ1) is 9.50. The van der Waals surface area contributed by atoms with Crippen LogP contribution < -0.4 is 19.5 Å². The van der Waals surface area contributed by atoms with E-state index in [4.69, 9.17) is 9.47 Å². The van der Waals surface area contributed by atoms with Crippen LogP contribution in [0.4, 0.5) is 5.95 Å². The lowest BCUT2D eigenvalue weighted by Crippen LogP contribution is -2.27. The van der Waals surface area contributed by atoms with Crippen LogP contribution in [0.15, 0.2) is 6.07 Å². The second-order valence-corrected chi connectivity index (χ2v) is 5.79. The molecule has 0 radical (unpaired) electrons. The van der Waals surface area contributed by atoms with Gasteiger partial charge in [-0.3, -0.25) is 4.72 Å². The lowest BCUT2D eigenvalue weighted by atomic mass is 10.5. The number of sulfonamides is 1. The largest absolute Gasteiger partial charge is 0.481 e. The number of hydrogen-bond donors (Lipinski definition) is 2. The summed E-state index contributed by atoms with van der Waals surface area (Å²) < 4.78 is 35.9. The summed E-state index contributed by atoms with van der Waals surface area (Å²) in [5.74, 6) is 0.310. The van der Waals surface area contributed by atoms with Gasteiger partial charge < -0.3 is 14.8 Å². The van der Waals surface area contributed by atoms with Gasteiger partial charge in [-0.15, -0.1) is 0 Å². The van der Waals surface area contributed by atoms with E-state index < -0.39 is 10.0 Å². The molecule has 20 heavy (non-hydrogen) atoms. The number of methoxy groups -OCH3 is 2. The first-order valence-electron chi connectivity index (χ1n) is 6.19. The van der Waals surface area contributed by atoms with Crippen LogP contribution >= 0.6 is 0 Å². The van der Waals surface area contributed by atoms with Gasteiger partial charge in [0, 0.05) is 6.54 Å². The van der Waals surface area contributed by atoms with Crippen molar-refractivity contribution in [2.75, 3.05) is 37.8 Å². The number of nitrogens with zero attached hydrogens (tertiary/aromatic N) is 2. The third-order valence-corrected chi connectivity index (χ3v) is 3.55. The van der Waals surface area contributed by atoms with E-state index in [0.29, 0.717) is 6.54 Å². The van der Waals surface area contributed by atoms with Gasteiger partial charge in [0.05, 0.1) is 26.0 Å². The van der Waals surface area contributed by atoms with E-state index in [1.807, 2.05) is 6.92 Å². The smallest absolute Gasteiger partial charge is 0.243 e. The highest BCUT2D eigenvalue weighted by molar-refractivity contribution is 7.92. The minimum Gasteiger partial charge on any atom is -0.481 e. The molecular weight excluding hydrogens is 284 g/mol. The third-order valence-electron chi connectivity index (χ3n) is 2.32. The van der Waals surface area contributed by atoms with E-state index >= 15 is 0 Å². The first-order valence-corrected chi connectivity index (χ1v) is 7.84. The predicted octanol–water partition coefficient (Wildman–Crippen LogP) is 0.235. The van der Waals surface area contributed by atoms with Crippen LogP contribution in [-0.4, -0.2) is 51.4 Å². The van der Waals surface area contributed by atoms with Crippen LogP contribution in [0.3, 0.4) is 0 Å². The Morgan fingerprint density at radius 1 is 1.15 bits per heavy atom. The topological polar surface area (TPSA) is 102 Å². The molecule has 1 rings (SSSR count). The summed E-state index contributed by atoms with van der Waals surface area (Å²) in [4.78, 5) is 7.81. The van der Waals surface area contributed by atoms with E-state index in [1.165, 1.54) is 20.3 Å². The highest BCUT2D eigenvalue weighted by Gasteiger charge is 2.14. The van der Waals surface area contributed by atoms with Crippen LogP contribution in [0.5, 0.6) is 11.8 Å². The SMILES string of the molecule is CCCNCCS(=O)(=O)Nc1nc(OC)cc(OC)n1. The summed E-state index contributed by atoms with van der Waals surface area (Å²) in [6, 6.07) is 1.46. The van der Waals surface area contributed by atoms with Crippen molar-refractivity contribution in [2.24, 2.45) is 0 Å². The van der Waals surface area contributed by atoms with Crippen molar-refractivity contribution >= 4 is 16.0 Å². The minimum absolute atomic E-state index is 0.0596. The summed E-state index contributed by atoms with van der Waals surface area (Å²) in [5.41, 5.74) is 0. The Bertz CT molecular complexity index is 499. The Morgan fingerprint density at radius 3 is 2.25 bits per heavy atom. The normalized spacial score (nSPS) is 11.2. The molecule has 0 unspecified atom stereocenters.